The summed E-state index contributed by atoms with van der Waals surface area (Å²) in [4.78, 5) is 13.6. The van der Waals surface area contributed by atoms with E-state index in [2.05, 4.69) is 28.0 Å². The van der Waals surface area contributed by atoms with Crippen molar-refractivity contribution in [2.75, 3.05) is 19.8 Å². The lowest BCUT2D eigenvalue weighted by atomic mass is 9.78. The fourth-order valence-corrected chi connectivity index (χ4v) is 3.70. The van der Waals surface area contributed by atoms with Crippen LogP contribution in [0.25, 0.3) is 0 Å². The molecular formula is C15H18N2O3S. The molecule has 1 amide bonds. The Morgan fingerprint density at radius 1 is 1.48 bits per heavy atom. The van der Waals surface area contributed by atoms with E-state index in [0.29, 0.717) is 17.9 Å². The minimum atomic E-state index is -0.129. The number of aromatic nitrogens is 1. The van der Waals surface area contributed by atoms with E-state index in [1.165, 1.54) is 11.1 Å². The molecule has 0 atom stereocenters. The van der Waals surface area contributed by atoms with Crippen molar-refractivity contribution in [2.24, 2.45) is 0 Å². The molecule has 3 heterocycles. The number of aryl methyl sites for hydroxylation is 1. The summed E-state index contributed by atoms with van der Waals surface area (Å²) >= 11 is 1.74. The minimum absolute atomic E-state index is 0.0207. The van der Waals surface area contributed by atoms with Gasteiger partial charge in [-0.25, -0.2) is 0 Å². The Balaban J connectivity index is 1.74. The van der Waals surface area contributed by atoms with Gasteiger partial charge in [-0.05, 0) is 31.2 Å². The molecule has 0 aromatic carbocycles. The summed E-state index contributed by atoms with van der Waals surface area (Å²) in [5, 5.41) is 8.77. The lowest BCUT2D eigenvalue weighted by Crippen LogP contribution is -2.44. The zero-order valence-electron chi connectivity index (χ0n) is 11.9. The average molecular weight is 306 g/mol. The number of amides is 1. The van der Waals surface area contributed by atoms with Crippen molar-refractivity contribution >= 4 is 17.2 Å². The van der Waals surface area contributed by atoms with Crippen LogP contribution in [-0.2, 0) is 10.2 Å². The smallest absolute Gasteiger partial charge is 0.256 e. The third-order valence-electron chi connectivity index (χ3n) is 4.08. The number of nitrogens with one attached hydrogen (secondary N) is 1. The topological polar surface area (TPSA) is 64.4 Å². The third-order valence-corrected chi connectivity index (χ3v) is 5.19. The van der Waals surface area contributed by atoms with Gasteiger partial charge in [0.05, 0.1) is 6.20 Å². The number of nitrogens with zero attached hydrogens (tertiary/aromatic N) is 1. The Labute approximate surface area is 127 Å². The van der Waals surface area contributed by atoms with Crippen molar-refractivity contribution in [1.82, 2.24) is 10.5 Å². The number of hydrogen-bond acceptors (Lipinski definition) is 5. The summed E-state index contributed by atoms with van der Waals surface area (Å²) in [5.41, 5.74) is 0.482. The molecule has 1 aliphatic rings. The zero-order chi connectivity index (χ0) is 14.7. The number of carbonyl (C=O) groups excluding carboxylic acids is 1. The first-order chi connectivity index (χ1) is 10.2. The van der Waals surface area contributed by atoms with Gasteiger partial charge in [0.25, 0.3) is 5.91 Å². The number of rotatable bonds is 4. The van der Waals surface area contributed by atoms with Crippen molar-refractivity contribution in [3.8, 4) is 0 Å². The van der Waals surface area contributed by atoms with Crippen LogP contribution in [0.1, 0.15) is 33.8 Å². The Bertz CT molecular complexity index is 600. The summed E-state index contributed by atoms with van der Waals surface area (Å²) < 4.78 is 10.4. The van der Waals surface area contributed by atoms with E-state index in [4.69, 9.17) is 9.26 Å². The van der Waals surface area contributed by atoms with E-state index >= 15 is 0 Å². The molecule has 0 bridgehead atoms. The molecule has 0 saturated carbocycles. The Morgan fingerprint density at radius 2 is 2.29 bits per heavy atom. The molecule has 21 heavy (non-hydrogen) atoms. The summed E-state index contributed by atoms with van der Waals surface area (Å²) in [5.74, 6) is 0.417. The number of thiophene rings is 1. The van der Waals surface area contributed by atoms with Crippen LogP contribution in [0, 0.1) is 6.92 Å². The van der Waals surface area contributed by atoms with Crippen LogP contribution in [0.15, 0.2) is 28.2 Å². The molecule has 0 spiro atoms. The highest BCUT2D eigenvalue weighted by Crippen LogP contribution is 2.37. The van der Waals surface area contributed by atoms with Crippen molar-refractivity contribution in [2.45, 2.75) is 25.2 Å². The summed E-state index contributed by atoms with van der Waals surface area (Å²) in [6.45, 7) is 3.83. The van der Waals surface area contributed by atoms with Gasteiger partial charge in [0.15, 0.2) is 0 Å². The first-order valence-electron chi connectivity index (χ1n) is 7.02. The second kappa shape index (κ2) is 5.99. The van der Waals surface area contributed by atoms with Crippen molar-refractivity contribution in [3.05, 3.63) is 39.9 Å². The molecule has 5 nitrogen and oxygen atoms in total. The Kier molecular flexibility index (Phi) is 4.07. The van der Waals surface area contributed by atoms with Gasteiger partial charge < -0.3 is 14.6 Å². The molecule has 3 rings (SSSR count). The van der Waals surface area contributed by atoms with E-state index in [0.717, 1.165) is 26.1 Å². The number of ether oxygens (including phenoxy) is 1. The van der Waals surface area contributed by atoms with Crippen LogP contribution in [0.3, 0.4) is 0 Å². The first-order valence-corrected chi connectivity index (χ1v) is 7.90. The zero-order valence-corrected chi connectivity index (χ0v) is 12.7. The lowest BCUT2D eigenvalue weighted by molar-refractivity contribution is 0.0498. The molecule has 6 heteroatoms. The van der Waals surface area contributed by atoms with Crippen molar-refractivity contribution in [3.63, 3.8) is 0 Å². The normalized spacial score (nSPS) is 17.6. The maximum absolute atomic E-state index is 12.2. The van der Waals surface area contributed by atoms with Crippen LogP contribution in [0.2, 0.25) is 0 Å². The van der Waals surface area contributed by atoms with E-state index in [1.54, 1.807) is 18.3 Å². The number of hydrogen-bond donors (Lipinski definition) is 1. The predicted molar refractivity (Wildman–Crippen MR) is 79.6 cm³/mol. The highest BCUT2D eigenvalue weighted by molar-refractivity contribution is 7.10. The molecule has 1 saturated heterocycles. The minimum Gasteiger partial charge on any atom is -0.381 e. The largest absolute Gasteiger partial charge is 0.381 e. The second-order valence-corrected chi connectivity index (χ2v) is 6.30. The molecule has 2 aromatic rings. The monoisotopic (exact) mass is 306 g/mol. The van der Waals surface area contributed by atoms with Crippen LogP contribution < -0.4 is 5.32 Å². The van der Waals surface area contributed by atoms with Gasteiger partial charge in [0, 0.05) is 30.1 Å². The van der Waals surface area contributed by atoms with Gasteiger partial charge in [0.2, 0.25) is 0 Å². The average Bonchev–Trinajstić information content (AvgIpc) is 3.17. The summed E-state index contributed by atoms with van der Waals surface area (Å²) in [7, 11) is 0. The molecule has 112 valence electrons. The highest BCUT2D eigenvalue weighted by atomic mass is 32.1. The quantitative estimate of drug-likeness (QED) is 0.942. The van der Waals surface area contributed by atoms with E-state index in [9.17, 15) is 4.79 Å². The Hall–Kier alpha value is -1.66. The van der Waals surface area contributed by atoms with Crippen LogP contribution in [0.5, 0.6) is 0 Å². The van der Waals surface area contributed by atoms with Gasteiger partial charge in [-0.2, -0.15) is 0 Å². The predicted octanol–water partition coefficient (Wildman–Crippen LogP) is 2.52. The summed E-state index contributed by atoms with van der Waals surface area (Å²) in [6, 6.07) is 4.20. The second-order valence-electron chi connectivity index (χ2n) is 5.35. The molecule has 1 N–H and O–H groups in total. The van der Waals surface area contributed by atoms with E-state index in [-0.39, 0.29) is 11.3 Å². The van der Waals surface area contributed by atoms with Crippen LogP contribution >= 0.6 is 11.3 Å². The fourth-order valence-electron chi connectivity index (χ4n) is 2.71. The third kappa shape index (κ3) is 2.87. The van der Waals surface area contributed by atoms with Crippen molar-refractivity contribution in [1.29, 1.82) is 0 Å². The van der Waals surface area contributed by atoms with Crippen LogP contribution in [0.4, 0.5) is 0 Å². The first kappa shape index (κ1) is 14.3. The highest BCUT2D eigenvalue weighted by Gasteiger charge is 2.36. The standard InChI is InChI=1S/C15H18N2O3S/c1-11-12(9-17-20-11)14(18)16-10-15(4-6-19-7-5-15)13-3-2-8-21-13/h2-3,8-9H,4-7,10H2,1H3,(H,16,18). The Morgan fingerprint density at radius 3 is 2.90 bits per heavy atom. The summed E-state index contributed by atoms with van der Waals surface area (Å²) in [6.07, 6.45) is 3.32. The van der Waals surface area contributed by atoms with Gasteiger partial charge in [-0.15, -0.1) is 11.3 Å². The van der Waals surface area contributed by atoms with E-state index in [1.807, 2.05) is 0 Å². The molecule has 0 aliphatic carbocycles. The maximum Gasteiger partial charge on any atom is 0.256 e. The molecular weight excluding hydrogens is 288 g/mol. The fraction of sp³-hybridized carbons (Fsp3) is 0.467. The molecule has 1 aliphatic heterocycles. The van der Waals surface area contributed by atoms with Gasteiger partial charge in [0.1, 0.15) is 11.3 Å². The van der Waals surface area contributed by atoms with Crippen molar-refractivity contribution < 1.29 is 14.1 Å². The van der Waals surface area contributed by atoms with E-state index < -0.39 is 0 Å². The molecule has 1 fully saturated rings. The lowest BCUT2D eigenvalue weighted by Gasteiger charge is -2.36. The van der Waals surface area contributed by atoms with Crippen LogP contribution in [-0.4, -0.2) is 30.8 Å². The molecule has 0 unspecified atom stereocenters. The van der Waals surface area contributed by atoms with Gasteiger partial charge in [-0.1, -0.05) is 11.2 Å². The maximum atomic E-state index is 12.2. The number of carbonyl (C=O) groups is 1. The van der Waals surface area contributed by atoms with Gasteiger partial charge >= 0.3 is 0 Å². The molecule has 2 aromatic heterocycles. The molecule has 0 radical (unpaired) electrons. The van der Waals surface area contributed by atoms with Gasteiger partial charge in [-0.3, -0.25) is 4.79 Å². The SMILES string of the molecule is Cc1oncc1C(=O)NCC1(c2cccs2)CCOCC1.